The zero-order valence-corrected chi connectivity index (χ0v) is 13.4. The predicted molar refractivity (Wildman–Crippen MR) is 78.7 cm³/mol. The van der Waals surface area contributed by atoms with Gasteiger partial charge in [-0.2, -0.15) is 8.78 Å². The molecule has 2 aliphatic heterocycles. The van der Waals surface area contributed by atoms with Crippen molar-refractivity contribution in [3.8, 4) is 0 Å². The standard InChI is InChI=1S/C15H25F2N3O2/c1-12-5-3-4-6-20(12)13(21)11-18-7-9-19(10-8-18)14(22)15(2,16)17/h12H,3-11H2,1-2H3. The van der Waals surface area contributed by atoms with Crippen LogP contribution >= 0.6 is 0 Å². The van der Waals surface area contributed by atoms with E-state index in [4.69, 9.17) is 0 Å². The van der Waals surface area contributed by atoms with Crippen molar-refractivity contribution in [1.29, 1.82) is 0 Å². The van der Waals surface area contributed by atoms with Gasteiger partial charge in [0, 0.05) is 45.7 Å². The molecule has 2 aliphatic rings. The summed E-state index contributed by atoms with van der Waals surface area (Å²) in [5.74, 6) is -4.34. The highest BCUT2D eigenvalue weighted by molar-refractivity contribution is 5.83. The van der Waals surface area contributed by atoms with Crippen molar-refractivity contribution < 1.29 is 18.4 Å². The number of alkyl halides is 2. The second-order valence-electron chi connectivity index (χ2n) is 6.39. The predicted octanol–water partition coefficient (Wildman–Crippen LogP) is 1.19. The maximum absolute atomic E-state index is 13.0. The Morgan fingerprint density at radius 1 is 1.09 bits per heavy atom. The van der Waals surface area contributed by atoms with Crippen molar-refractivity contribution in [2.75, 3.05) is 39.3 Å². The largest absolute Gasteiger partial charge is 0.339 e. The number of piperazine rings is 1. The normalized spacial score (nSPS) is 24.5. The summed E-state index contributed by atoms with van der Waals surface area (Å²) >= 11 is 0. The van der Waals surface area contributed by atoms with E-state index in [-0.39, 0.29) is 25.0 Å². The molecule has 0 radical (unpaired) electrons. The van der Waals surface area contributed by atoms with E-state index < -0.39 is 11.8 Å². The number of piperidine rings is 1. The lowest BCUT2D eigenvalue weighted by Crippen LogP contribution is -2.55. The number of carbonyl (C=O) groups is 2. The minimum atomic E-state index is -3.32. The summed E-state index contributed by atoms with van der Waals surface area (Å²) in [4.78, 5) is 28.9. The Bertz CT molecular complexity index is 418. The van der Waals surface area contributed by atoms with Crippen LogP contribution in [0.4, 0.5) is 8.78 Å². The van der Waals surface area contributed by atoms with Crippen LogP contribution in [-0.4, -0.2) is 77.7 Å². The molecule has 126 valence electrons. The molecule has 2 heterocycles. The van der Waals surface area contributed by atoms with Crippen molar-refractivity contribution in [3.05, 3.63) is 0 Å². The quantitative estimate of drug-likeness (QED) is 0.785. The van der Waals surface area contributed by atoms with Crippen LogP contribution < -0.4 is 0 Å². The van der Waals surface area contributed by atoms with Gasteiger partial charge in [-0.1, -0.05) is 0 Å². The van der Waals surface area contributed by atoms with Gasteiger partial charge >= 0.3 is 5.92 Å². The Labute approximate surface area is 130 Å². The van der Waals surface area contributed by atoms with Crippen LogP contribution in [0.1, 0.15) is 33.1 Å². The number of hydrogen-bond donors (Lipinski definition) is 0. The molecule has 22 heavy (non-hydrogen) atoms. The van der Waals surface area contributed by atoms with Gasteiger partial charge in [-0.3, -0.25) is 14.5 Å². The molecule has 7 heteroatoms. The topological polar surface area (TPSA) is 43.9 Å². The molecule has 2 amide bonds. The summed E-state index contributed by atoms with van der Waals surface area (Å²) in [5, 5.41) is 0. The summed E-state index contributed by atoms with van der Waals surface area (Å²) < 4.78 is 26.1. The Hall–Kier alpha value is -1.24. The number of nitrogens with zero attached hydrogens (tertiary/aromatic N) is 3. The van der Waals surface area contributed by atoms with Crippen LogP contribution in [-0.2, 0) is 9.59 Å². The first kappa shape index (κ1) is 17.1. The van der Waals surface area contributed by atoms with Gasteiger partial charge in [0.2, 0.25) is 5.91 Å². The van der Waals surface area contributed by atoms with Gasteiger partial charge in [0.25, 0.3) is 5.91 Å². The number of carbonyl (C=O) groups excluding carboxylic acids is 2. The Morgan fingerprint density at radius 2 is 1.73 bits per heavy atom. The molecule has 0 bridgehead atoms. The molecule has 0 aromatic carbocycles. The van der Waals surface area contributed by atoms with E-state index in [9.17, 15) is 18.4 Å². The summed E-state index contributed by atoms with van der Waals surface area (Å²) in [6, 6.07) is 0.280. The van der Waals surface area contributed by atoms with Gasteiger partial charge in [-0.05, 0) is 26.2 Å². The van der Waals surface area contributed by atoms with Crippen LogP contribution in [0.3, 0.4) is 0 Å². The minimum Gasteiger partial charge on any atom is -0.339 e. The first-order valence-electron chi connectivity index (χ1n) is 7.98. The number of rotatable bonds is 3. The fourth-order valence-electron chi connectivity index (χ4n) is 3.14. The molecule has 2 fully saturated rings. The molecule has 5 nitrogen and oxygen atoms in total. The van der Waals surface area contributed by atoms with Crippen LogP contribution in [0.15, 0.2) is 0 Å². The molecule has 0 spiro atoms. The molecular weight excluding hydrogens is 292 g/mol. The third-order valence-corrected chi connectivity index (χ3v) is 4.52. The maximum Gasteiger partial charge on any atom is 0.322 e. The van der Waals surface area contributed by atoms with Crippen LogP contribution in [0.25, 0.3) is 0 Å². The average molecular weight is 317 g/mol. The smallest absolute Gasteiger partial charge is 0.322 e. The average Bonchev–Trinajstić information content (AvgIpc) is 2.46. The van der Waals surface area contributed by atoms with Gasteiger partial charge < -0.3 is 9.80 Å². The van der Waals surface area contributed by atoms with Crippen LogP contribution in [0.5, 0.6) is 0 Å². The Kier molecular flexibility index (Phi) is 5.36. The molecular formula is C15H25F2N3O2. The van der Waals surface area contributed by atoms with E-state index in [0.717, 1.165) is 25.8 Å². The zero-order valence-electron chi connectivity index (χ0n) is 13.4. The first-order valence-corrected chi connectivity index (χ1v) is 7.98. The summed E-state index contributed by atoms with van der Waals surface area (Å²) in [6.07, 6.45) is 3.25. The third kappa shape index (κ3) is 4.15. The van der Waals surface area contributed by atoms with Gasteiger partial charge in [0.1, 0.15) is 0 Å². The fraction of sp³-hybridized carbons (Fsp3) is 0.867. The summed E-state index contributed by atoms with van der Waals surface area (Å²) in [5.41, 5.74) is 0. The molecule has 0 aromatic heterocycles. The zero-order chi connectivity index (χ0) is 16.3. The highest BCUT2D eigenvalue weighted by atomic mass is 19.3. The van der Waals surface area contributed by atoms with E-state index in [1.54, 1.807) is 0 Å². The van der Waals surface area contributed by atoms with E-state index in [2.05, 4.69) is 6.92 Å². The monoisotopic (exact) mass is 317 g/mol. The number of amides is 2. The van der Waals surface area contributed by atoms with Crippen molar-refractivity contribution in [2.24, 2.45) is 0 Å². The Morgan fingerprint density at radius 3 is 2.27 bits per heavy atom. The molecule has 2 rings (SSSR count). The number of hydrogen-bond acceptors (Lipinski definition) is 3. The third-order valence-electron chi connectivity index (χ3n) is 4.52. The fourth-order valence-corrected chi connectivity index (χ4v) is 3.14. The lowest BCUT2D eigenvalue weighted by Gasteiger charge is -2.38. The lowest BCUT2D eigenvalue weighted by molar-refractivity contribution is -0.156. The van der Waals surface area contributed by atoms with Crippen molar-refractivity contribution in [3.63, 3.8) is 0 Å². The number of halogens is 2. The molecule has 1 atom stereocenters. The second-order valence-corrected chi connectivity index (χ2v) is 6.39. The Balaban J connectivity index is 1.80. The SMILES string of the molecule is CC1CCCCN1C(=O)CN1CCN(C(=O)C(C)(F)F)CC1. The van der Waals surface area contributed by atoms with E-state index in [1.807, 2.05) is 9.80 Å². The maximum atomic E-state index is 13.0. The van der Waals surface area contributed by atoms with Gasteiger partial charge in [0.05, 0.1) is 6.54 Å². The highest BCUT2D eigenvalue weighted by Crippen LogP contribution is 2.18. The first-order chi connectivity index (χ1) is 10.3. The lowest BCUT2D eigenvalue weighted by atomic mass is 10.0. The van der Waals surface area contributed by atoms with E-state index in [1.165, 1.54) is 4.90 Å². The summed E-state index contributed by atoms with van der Waals surface area (Å²) in [6.45, 7) is 5.26. The van der Waals surface area contributed by atoms with Crippen LogP contribution in [0.2, 0.25) is 0 Å². The molecule has 2 saturated heterocycles. The van der Waals surface area contributed by atoms with Gasteiger partial charge in [-0.25, -0.2) is 0 Å². The van der Waals surface area contributed by atoms with Crippen molar-refractivity contribution in [1.82, 2.24) is 14.7 Å². The molecule has 0 saturated carbocycles. The highest BCUT2D eigenvalue weighted by Gasteiger charge is 2.38. The van der Waals surface area contributed by atoms with Crippen molar-refractivity contribution in [2.45, 2.75) is 45.1 Å². The van der Waals surface area contributed by atoms with E-state index >= 15 is 0 Å². The minimum absolute atomic E-state index is 0.104. The molecule has 0 aliphatic carbocycles. The van der Waals surface area contributed by atoms with Crippen LogP contribution in [0, 0.1) is 0 Å². The van der Waals surface area contributed by atoms with Gasteiger partial charge in [-0.15, -0.1) is 0 Å². The number of likely N-dealkylation sites (tertiary alicyclic amines) is 1. The van der Waals surface area contributed by atoms with E-state index in [0.29, 0.717) is 26.6 Å². The summed E-state index contributed by atoms with van der Waals surface area (Å²) in [7, 11) is 0. The van der Waals surface area contributed by atoms with Gasteiger partial charge in [0.15, 0.2) is 0 Å². The molecule has 1 unspecified atom stereocenters. The molecule has 0 N–H and O–H groups in total. The van der Waals surface area contributed by atoms with Crippen molar-refractivity contribution >= 4 is 11.8 Å². The second kappa shape index (κ2) is 6.89. The molecule has 0 aromatic rings.